The van der Waals surface area contributed by atoms with Crippen LogP contribution >= 0.6 is 11.5 Å². The largest absolute Gasteiger partial charge is 0.497 e. The lowest BCUT2D eigenvalue weighted by molar-refractivity contribution is 0.232. The maximum atomic E-state index is 5.80. The Balaban J connectivity index is 1.33. The van der Waals surface area contributed by atoms with Gasteiger partial charge in [0.2, 0.25) is 11.8 Å². The van der Waals surface area contributed by atoms with Crippen LogP contribution in [0.4, 0.5) is 5.95 Å². The number of hydrogen-bond donors (Lipinski definition) is 1. The smallest absolute Gasteiger partial charge is 0.235 e. The third-order valence-electron chi connectivity index (χ3n) is 5.56. The Labute approximate surface area is 203 Å². The van der Waals surface area contributed by atoms with E-state index in [-0.39, 0.29) is 6.10 Å². The summed E-state index contributed by atoms with van der Waals surface area (Å²) in [4.78, 5) is 9.45. The van der Waals surface area contributed by atoms with Crippen molar-refractivity contribution < 1.29 is 9.47 Å². The van der Waals surface area contributed by atoms with Crippen molar-refractivity contribution in [3.63, 3.8) is 0 Å². The monoisotopic (exact) mass is 470 g/mol. The molecule has 6 nitrogen and oxygen atoms in total. The fourth-order valence-electron chi connectivity index (χ4n) is 3.91. The fourth-order valence-corrected chi connectivity index (χ4v) is 4.55. The van der Waals surface area contributed by atoms with E-state index in [2.05, 4.69) is 34.0 Å². The molecule has 0 bridgehead atoms. The molecule has 5 rings (SSSR count). The van der Waals surface area contributed by atoms with Gasteiger partial charge >= 0.3 is 0 Å². The van der Waals surface area contributed by atoms with Gasteiger partial charge in [-0.05, 0) is 72.8 Å². The average molecular weight is 471 g/mol. The van der Waals surface area contributed by atoms with Crippen LogP contribution < -0.4 is 14.8 Å². The predicted molar refractivity (Wildman–Crippen MR) is 136 cm³/mol. The Morgan fingerprint density at radius 3 is 2.68 bits per heavy atom. The van der Waals surface area contributed by atoms with E-state index in [1.54, 1.807) is 7.11 Å². The predicted octanol–water partition coefficient (Wildman–Crippen LogP) is 6.00. The van der Waals surface area contributed by atoms with Gasteiger partial charge in [0, 0.05) is 23.7 Å². The first-order chi connectivity index (χ1) is 16.6. The fraction of sp³-hybridized carbons (Fsp3) is 0.222. The lowest BCUT2D eigenvalue weighted by atomic mass is 10.0. The topological polar surface area (TPSA) is 69.2 Å². The Hall–Kier alpha value is -3.71. The first-order valence-electron chi connectivity index (χ1n) is 11.3. The van der Waals surface area contributed by atoms with Crippen molar-refractivity contribution in [2.45, 2.75) is 32.9 Å². The highest BCUT2D eigenvalue weighted by atomic mass is 32.1. The van der Waals surface area contributed by atoms with Gasteiger partial charge < -0.3 is 14.8 Å². The zero-order valence-electron chi connectivity index (χ0n) is 19.4. The summed E-state index contributed by atoms with van der Waals surface area (Å²) in [5.74, 6) is 2.12. The maximum absolute atomic E-state index is 5.80. The number of fused-ring (bicyclic) bond motifs is 1. The van der Waals surface area contributed by atoms with Crippen molar-refractivity contribution in [1.29, 1.82) is 0 Å². The van der Waals surface area contributed by atoms with E-state index >= 15 is 0 Å². The second-order valence-corrected chi connectivity index (χ2v) is 9.10. The number of benzene rings is 2. The number of methoxy groups -OCH3 is 1. The van der Waals surface area contributed by atoms with Crippen LogP contribution in [0.5, 0.6) is 11.6 Å². The minimum absolute atomic E-state index is 0.0872. The molecule has 0 radical (unpaired) electrons. The molecule has 1 N–H and O–H groups in total. The van der Waals surface area contributed by atoms with Gasteiger partial charge in [-0.15, -0.1) is 0 Å². The summed E-state index contributed by atoms with van der Waals surface area (Å²) in [6.45, 7) is 4.66. The van der Waals surface area contributed by atoms with Gasteiger partial charge in [-0.1, -0.05) is 36.4 Å². The Morgan fingerprint density at radius 2 is 1.88 bits per heavy atom. The van der Waals surface area contributed by atoms with Crippen molar-refractivity contribution in [1.82, 2.24) is 14.3 Å². The average Bonchev–Trinajstić information content (AvgIpc) is 3.50. The standard InChI is InChI=1S/C27H26N4O2S/c1-17(2)33-25-6-4-5-24(29-25)22-14-11-19-9-10-20(15-23(19)22)26-30-27(31-34-26)28-16-18-7-12-21(32-3)13-8-18/h4-10,12-15,17H,11,16H2,1-3H3,(H,28,31). The zero-order valence-corrected chi connectivity index (χ0v) is 20.2. The molecule has 0 spiro atoms. The molecule has 0 unspecified atom stereocenters. The number of nitrogens with one attached hydrogen (secondary N) is 1. The molecule has 2 heterocycles. The van der Waals surface area contributed by atoms with Crippen LogP contribution in [0.25, 0.3) is 16.1 Å². The highest BCUT2D eigenvalue weighted by molar-refractivity contribution is 7.09. The minimum atomic E-state index is 0.0872. The Bertz CT molecular complexity index is 1330. The van der Waals surface area contributed by atoms with Crippen molar-refractivity contribution in [2.24, 2.45) is 0 Å². The van der Waals surface area contributed by atoms with Crippen LogP contribution in [0.15, 0.2) is 66.7 Å². The van der Waals surface area contributed by atoms with E-state index in [0.29, 0.717) is 18.4 Å². The second-order valence-electron chi connectivity index (χ2n) is 8.35. The number of anilines is 1. The van der Waals surface area contributed by atoms with Crippen LogP contribution in [-0.4, -0.2) is 27.6 Å². The lowest BCUT2D eigenvalue weighted by Gasteiger charge is -2.11. The van der Waals surface area contributed by atoms with E-state index in [9.17, 15) is 0 Å². The molecular formula is C27H26N4O2S. The Morgan fingerprint density at radius 1 is 1.03 bits per heavy atom. The van der Waals surface area contributed by atoms with Gasteiger partial charge in [0.05, 0.1) is 18.9 Å². The summed E-state index contributed by atoms with van der Waals surface area (Å²) in [5.41, 5.74) is 6.73. The van der Waals surface area contributed by atoms with Crippen molar-refractivity contribution in [2.75, 3.05) is 12.4 Å². The van der Waals surface area contributed by atoms with E-state index in [4.69, 9.17) is 19.4 Å². The summed E-state index contributed by atoms with van der Waals surface area (Å²) in [6.07, 6.45) is 3.22. The number of aromatic nitrogens is 3. The molecule has 0 amide bonds. The first-order valence-corrected chi connectivity index (χ1v) is 12.0. The summed E-state index contributed by atoms with van der Waals surface area (Å²) in [6, 6.07) is 20.4. The normalized spacial score (nSPS) is 12.4. The Kier molecular flexibility index (Phi) is 6.27. The van der Waals surface area contributed by atoms with E-state index in [0.717, 1.165) is 39.6 Å². The number of nitrogens with zero attached hydrogens (tertiary/aromatic N) is 3. The molecule has 1 aliphatic rings. The molecule has 1 aliphatic carbocycles. The molecule has 4 aromatic rings. The van der Waals surface area contributed by atoms with Gasteiger partial charge in [-0.25, -0.2) is 4.98 Å². The van der Waals surface area contributed by atoms with E-state index < -0.39 is 0 Å². The number of allylic oxidation sites excluding steroid dienone is 1. The van der Waals surface area contributed by atoms with Gasteiger partial charge in [0.1, 0.15) is 10.8 Å². The van der Waals surface area contributed by atoms with Crippen molar-refractivity contribution in [3.8, 4) is 22.2 Å². The summed E-state index contributed by atoms with van der Waals surface area (Å²) < 4.78 is 15.5. The molecular weight excluding hydrogens is 444 g/mol. The lowest BCUT2D eigenvalue weighted by Crippen LogP contribution is -2.07. The van der Waals surface area contributed by atoms with Crippen molar-refractivity contribution >= 4 is 23.1 Å². The zero-order chi connectivity index (χ0) is 23.5. The third-order valence-corrected chi connectivity index (χ3v) is 6.33. The van der Waals surface area contributed by atoms with Gasteiger partial charge in [-0.2, -0.15) is 9.36 Å². The molecule has 0 fully saturated rings. The minimum Gasteiger partial charge on any atom is -0.497 e. The highest BCUT2D eigenvalue weighted by Gasteiger charge is 2.19. The summed E-state index contributed by atoms with van der Waals surface area (Å²) in [5, 5.41) is 4.19. The van der Waals surface area contributed by atoms with E-state index in [1.807, 2.05) is 56.3 Å². The molecule has 0 atom stereocenters. The van der Waals surface area contributed by atoms with Crippen LogP contribution in [0, 0.1) is 0 Å². The molecule has 0 saturated carbocycles. The van der Waals surface area contributed by atoms with Gasteiger partial charge in [-0.3, -0.25) is 0 Å². The molecule has 7 heteroatoms. The number of hydrogen-bond acceptors (Lipinski definition) is 7. The quantitative estimate of drug-likeness (QED) is 0.341. The van der Waals surface area contributed by atoms with Crippen LogP contribution in [0.2, 0.25) is 0 Å². The van der Waals surface area contributed by atoms with Crippen LogP contribution in [0.3, 0.4) is 0 Å². The number of ether oxygens (including phenoxy) is 2. The highest BCUT2D eigenvalue weighted by Crippen LogP contribution is 2.36. The SMILES string of the molecule is COc1ccc(CNc2nsc(-c3ccc4c(c3)C(c3cccc(OC(C)C)n3)=CC4)n2)cc1. The van der Waals surface area contributed by atoms with Gasteiger partial charge in [0.25, 0.3) is 0 Å². The molecule has 0 aliphatic heterocycles. The van der Waals surface area contributed by atoms with Crippen LogP contribution in [-0.2, 0) is 13.0 Å². The van der Waals surface area contributed by atoms with Crippen molar-refractivity contribution in [3.05, 3.63) is 89.1 Å². The molecule has 2 aromatic carbocycles. The molecule has 2 aromatic heterocycles. The summed E-state index contributed by atoms with van der Waals surface area (Å²) in [7, 11) is 1.67. The number of pyridine rings is 1. The molecule has 0 saturated heterocycles. The summed E-state index contributed by atoms with van der Waals surface area (Å²) >= 11 is 1.40. The van der Waals surface area contributed by atoms with Gasteiger partial charge in [0.15, 0.2) is 0 Å². The van der Waals surface area contributed by atoms with Crippen LogP contribution in [0.1, 0.15) is 36.2 Å². The first kappa shape index (κ1) is 22.1. The molecule has 34 heavy (non-hydrogen) atoms. The van der Waals surface area contributed by atoms with E-state index in [1.165, 1.54) is 22.7 Å². The molecule has 172 valence electrons. The number of rotatable bonds is 8. The second kappa shape index (κ2) is 9.65. The maximum Gasteiger partial charge on any atom is 0.235 e. The third kappa shape index (κ3) is 4.79.